The number of fused-ring (bicyclic) bond motifs is 2. The predicted octanol–water partition coefficient (Wildman–Crippen LogP) is 1.43. The molecule has 48 nitrogen and oxygen atoms in total. The van der Waals surface area contributed by atoms with Crippen LogP contribution >= 0.6 is 46.9 Å². The summed E-state index contributed by atoms with van der Waals surface area (Å²) in [5, 5.41) is 53.7. The summed E-state index contributed by atoms with van der Waals surface area (Å²) in [7, 11) is -33.2. The lowest BCUT2D eigenvalue weighted by Crippen LogP contribution is -2.46. The molecule has 0 radical (unpaired) electrons. The van der Waals surface area contributed by atoms with E-state index in [2.05, 4.69) is 81.0 Å². The van der Waals surface area contributed by atoms with Crippen molar-refractivity contribution in [3.05, 3.63) is 60.7 Å². The molecular weight excluding hydrogens is 1690 g/mol. The second-order valence-electron chi connectivity index (χ2n) is 30.2. The first kappa shape index (κ1) is 95.5. The highest BCUT2D eigenvalue weighted by Crippen LogP contribution is 2.63. The highest BCUT2D eigenvalue weighted by molar-refractivity contribution is 7.61. The number of nitrogens with one attached hydrogen (secondary N) is 4. The maximum absolute atomic E-state index is 13.4. The number of nitrogens with two attached hydrogens (primary N) is 2. The molecule has 2 aliphatic carbocycles. The lowest BCUT2D eigenvalue weighted by atomic mass is 9.87. The van der Waals surface area contributed by atoms with Crippen LogP contribution in [0.2, 0.25) is 0 Å². The first-order valence-electron chi connectivity index (χ1n) is 37.0. The van der Waals surface area contributed by atoms with E-state index >= 15 is 0 Å². The smallest absolute Gasteiger partial charge is 0.386 e. The van der Waals surface area contributed by atoms with Crippen molar-refractivity contribution in [1.29, 1.82) is 0 Å². The number of nitrogen functional groups attached to an aromatic ring is 2. The van der Waals surface area contributed by atoms with Crippen LogP contribution in [0.1, 0.15) is 141 Å². The van der Waals surface area contributed by atoms with Crippen molar-refractivity contribution in [2.75, 3.05) is 64.1 Å². The van der Waals surface area contributed by atoms with Crippen LogP contribution < -0.4 is 32.7 Å². The minimum Gasteiger partial charge on any atom is -0.386 e. The molecule has 4 amide bonds. The van der Waals surface area contributed by atoms with Gasteiger partial charge in [0.2, 0.25) is 23.6 Å². The number of ketones is 2. The lowest BCUT2D eigenvalue weighted by Gasteiger charge is -2.30. The molecule has 4 fully saturated rings. The second-order valence-corrected chi connectivity index (χ2v) is 38.7. The quantitative estimate of drug-likeness (QED) is 0.0193. The number of ether oxygens (including phenoxy) is 2. The van der Waals surface area contributed by atoms with Crippen LogP contribution in [-0.4, -0.2) is 235 Å². The van der Waals surface area contributed by atoms with Gasteiger partial charge in [-0.15, -0.1) is 0 Å². The number of carbonyl (C=O) groups excluding carboxylic acids is 6. The molecule has 20 N–H and O–H groups in total. The first-order chi connectivity index (χ1) is 55.0. The summed E-state index contributed by atoms with van der Waals surface area (Å²) in [6.45, 7) is 0.237. The second kappa shape index (κ2) is 39.4. The normalized spacial score (nSPS) is 23.1. The highest BCUT2D eigenvalue weighted by Gasteiger charge is 2.54. The molecular formula is C64H98N14O34P6. The third kappa shape index (κ3) is 26.6. The largest absolute Gasteiger partial charge is 0.481 e. The number of carbonyl (C=O) groups is 6. The van der Waals surface area contributed by atoms with Crippen LogP contribution in [0.4, 0.5) is 11.6 Å². The van der Waals surface area contributed by atoms with Crippen molar-refractivity contribution < 1.29 is 161 Å². The maximum atomic E-state index is 13.4. The molecule has 2 saturated carbocycles. The molecule has 14 unspecified atom stereocenters. The molecule has 9 rings (SSSR count). The average molecular weight is 1790 g/mol. The van der Waals surface area contributed by atoms with Gasteiger partial charge in [-0.05, 0) is 75.3 Å². The van der Waals surface area contributed by atoms with Crippen LogP contribution in [0.25, 0.3) is 22.3 Å². The Kier molecular flexibility index (Phi) is 31.9. The van der Waals surface area contributed by atoms with Gasteiger partial charge in [0.1, 0.15) is 84.1 Å². The van der Waals surface area contributed by atoms with E-state index in [4.69, 9.17) is 39.0 Å². The van der Waals surface area contributed by atoms with Gasteiger partial charge in [-0.25, -0.2) is 57.3 Å². The van der Waals surface area contributed by atoms with Crippen molar-refractivity contribution in [2.24, 2.45) is 21.7 Å². The number of aliphatic hydroxyl groups excluding tert-OH is 4. The third-order valence-corrected chi connectivity index (χ3v) is 26.4. The van der Waals surface area contributed by atoms with Crippen LogP contribution in [0, 0.1) is 21.7 Å². The molecule has 2 saturated heterocycles. The summed E-state index contributed by atoms with van der Waals surface area (Å²) in [6.07, 6.45) is -5.30. The summed E-state index contributed by atoms with van der Waals surface area (Å²) < 4.78 is 126. The molecule has 0 bridgehead atoms. The fourth-order valence-electron chi connectivity index (χ4n) is 13.3. The zero-order valence-corrected chi connectivity index (χ0v) is 69.5. The van der Waals surface area contributed by atoms with Crippen LogP contribution in [0.3, 0.4) is 0 Å². The number of hydrogen-bond acceptors (Lipinski definition) is 34. The average Bonchev–Trinajstić information content (AvgIpc) is 1.62. The van der Waals surface area contributed by atoms with E-state index in [1.54, 1.807) is 0 Å². The standard InChI is InChI=1S/C64H98N14O34P6/c1-61(2,31-105-117(99,100)111-115(95,96)103-29-39-49(109-113(89,90)91)47(83)59(107-39)77-35-75-45-53(65)71-33-73-55(45)77)51(85)57(87)69-27-17-43(81)67-25-15-41(79)63(21-22-63)19-9-7-13-37-11-5-6-12-38(37)14-8-10-20-64(23-24-64)42(80)16-26-68-44(82)18-28-70-58(88)52(86)62(3,4)32-106-118(101,102)112-116(97,98)104-30-40-50(110-114(92,93)94)48(84)60(108-40)78-36-76-46-54(66)72-34-74-56(46)78/h5-6,11-12,33-36,39-40,47-52,59-60,83-86H,7-10,13-32H2,1-4H3,(H,67,81)(H,68,82)(H,69,87)(H,70,88)(H,95,96)(H,97,98)(H,99,100)(H,101,102)(H2,65,71,73)(H2,66,72,74)(H2,89,90,91)(H2,92,93,94). The van der Waals surface area contributed by atoms with Crippen LogP contribution in [-0.2, 0) is 114 Å². The predicted molar refractivity (Wildman–Crippen MR) is 403 cm³/mol. The number of imidazole rings is 2. The van der Waals surface area contributed by atoms with Gasteiger partial charge in [-0.1, -0.05) is 64.8 Å². The van der Waals surface area contributed by atoms with Crippen LogP contribution in [0.15, 0.2) is 49.6 Å². The molecule has 2 aliphatic heterocycles. The number of hydrogen-bond donors (Lipinski definition) is 18. The Morgan fingerprint density at radius 3 is 1.21 bits per heavy atom. The minimum absolute atomic E-state index is 0.00405. The Bertz CT molecular complexity index is 4430. The van der Waals surface area contributed by atoms with E-state index in [0.717, 1.165) is 98.7 Å². The number of phosphoric acid groups is 6. The number of phosphoric ester groups is 6. The van der Waals surface area contributed by atoms with E-state index in [1.807, 2.05) is 12.1 Å². The van der Waals surface area contributed by atoms with Crippen molar-refractivity contribution in [3.63, 3.8) is 0 Å². The molecule has 4 aliphatic rings. The van der Waals surface area contributed by atoms with E-state index in [0.29, 0.717) is 12.8 Å². The van der Waals surface area contributed by atoms with Crippen molar-refractivity contribution in [1.82, 2.24) is 60.3 Å². The molecule has 6 heterocycles. The fraction of sp³-hybridized carbons (Fsp3) is 0.656. The number of anilines is 2. The molecule has 658 valence electrons. The number of nitrogens with zero attached hydrogens (tertiary/aromatic N) is 8. The summed E-state index contributed by atoms with van der Waals surface area (Å²) >= 11 is 0. The Morgan fingerprint density at radius 2 is 0.864 bits per heavy atom. The third-order valence-electron chi connectivity index (χ3n) is 20.2. The Hall–Kier alpha value is -6.36. The lowest BCUT2D eigenvalue weighted by molar-refractivity contribution is -0.137. The summed E-state index contributed by atoms with van der Waals surface area (Å²) in [6, 6.07) is 8.10. The number of aryl methyl sites for hydroxylation is 2. The molecule has 5 aromatic rings. The zero-order chi connectivity index (χ0) is 86.8. The number of aromatic nitrogens is 8. The Morgan fingerprint density at radius 1 is 0.517 bits per heavy atom. The van der Waals surface area contributed by atoms with Gasteiger partial charge >= 0.3 is 46.9 Å². The number of Topliss-reactive ketones (excluding diaryl/α,β-unsaturated/α-hetero) is 2. The number of aliphatic hydroxyl groups is 4. The minimum atomic E-state index is -5.65. The van der Waals surface area contributed by atoms with Gasteiger partial charge in [0.25, 0.3) is 0 Å². The van der Waals surface area contributed by atoms with E-state index in [9.17, 15) is 116 Å². The van der Waals surface area contributed by atoms with Gasteiger partial charge in [0, 0.05) is 73.5 Å². The monoisotopic (exact) mass is 1790 g/mol. The van der Waals surface area contributed by atoms with E-state index < -0.39 is 180 Å². The topological polar surface area (TPSA) is 727 Å². The Labute approximate surface area is 672 Å². The van der Waals surface area contributed by atoms with Gasteiger partial charge in [0.05, 0.1) is 39.1 Å². The molecule has 14 atom stereocenters. The molecule has 118 heavy (non-hydrogen) atoms. The van der Waals surface area contributed by atoms with Crippen molar-refractivity contribution >= 4 is 116 Å². The van der Waals surface area contributed by atoms with Crippen molar-refractivity contribution in [3.8, 4) is 0 Å². The highest BCUT2D eigenvalue weighted by atomic mass is 31.3. The van der Waals surface area contributed by atoms with E-state index in [-0.39, 0.29) is 97.4 Å². The van der Waals surface area contributed by atoms with E-state index in [1.165, 1.54) is 38.8 Å². The number of amides is 4. The zero-order valence-electron chi connectivity index (χ0n) is 64.1. The fourth-order valence-corrected chi connectivity index (χ4v) is 18.9. The number of benzene rings is 1. The first-order valence-corrected chi connectivity index (χ1v) is 46.0. The molecule has 54 heteroatoms. The van der Waals surface area contributed by atoms with Gasteiger partial charge in [0.15, 0.2) is 35.4 Å². The van der Waals surface area contributed by atoms with Crippen molar-refractivity contribution in [2.45, 2.75) is 192 Å². The molecule has 1 aromatic carbocycles. The molecule has 4 aromatic heterocycles. The summed E-state index contributed by atoms with van der Waals surface area (Å²) in [4.78, 5) is 181. The molecule has 0 spiro atoms. The summed E-state index contributed by atoms with van der Waals surface area (Å²) in [5.74, 6) is -3.16. The van der Waals surface area contributed by atoms with Crippen LogP contribution in [0.5, 0.6) is 0 Å². The number of rotatable bonds is 50. The Balaban J connectivity index is 0.594. The maximum Gasteiger partial charge on any atom is 0.481 e. The van der Waals surface area contributed by atoms with Gasteiger partial charge in [-0.2, -0.15) is 8.62 Å². The van der Waals surface area contributed by atoms with Gasteiger partial charge < -0.3 is 102 Å². The van der Waals surface area contributed by atoms with Gasteiger partial charge in [-0.3, -0.25) is 65.0 Å². The number of unbranched alkanes of at least 4 members (excludes halogenated alkanes) is 2. The SMILES string of the molecule is CC(C)(COP(=O)(O)OP(=O)(O)OCC1OC(n2cnc3c(N)ncnc32)C(O)C1OP(=O)(O)O)C(O)C(=O)NCCC(=O)NCCC(=O)C1(CCCCc2ccccc2CCCCC2(C(=O)CCNC(=O)CCNC(=O)C(O)C(C)(C)COP(=O)(O)OP(=O)(O)OCC3OC(n4cnc5c(N)ncnc54)C(O)C3OP(=O)(O)O)CC2)CC1. The summed E-state index contributed by atoms with van der Waals surface area (Å²) in [5.41, 5.74) is 9.79.